The first-order valence-electron chi connectivity index (χ1n) is 5.46. The van der Waals surface area contributed by atoms with Crippen LogP contribution in [0, 0.1) is 12.3 Å². The van der Waals surface area contributed by atoms with E-state index >= 15 is 0 Å². The predicted octanol–water partition coefficient (Wildman–Crippen LogP) is 1.89. The molecule has 0 aliphatic heterocycles. The lowest BCUT2D eigenvalue weighted by atomic mass is 10.3. The van der Waals surface area contributed by atoms with Gasteiger partial charge >= 0.3 is 0 Å². The molecule has 0 radical (unpaired) electrons. The number of para-hydroxylation sites is 1. The van der Waals surface area contributed by atoms with Crippen LogP contribution in [0.2, 0.25) is 0 Å². The molecule has 0 fully saturated rings. The maximum atomic E-state index is 11.3. The minimum atomic E-state index is -3.07. The van der Waals surface area contributed by atoms with Gasteiger partial charge in [-0.3, -0.25) is 0 Å². The average Bonchev–Trinajstić information content (AvgIpc) is 2.30. The van der Waals surface area contributed by atoms with Gasteiger partial charge in [-0.05, 0) is 25.0 Å². The van der Waals surface area contributed by atoms with Crippen molar-refractivity contribution >= 4 is 9.84 Å². The summed E-state index contributed by atoms with van der Waals surface area (Å²) in [5.41, 5.74) is 0. The van der Waals surface area contributed by atoms with E-state index in [0.717, 1.165) is 5.75 Å². The lowest BCUT2D eigenvalue weighted by molar-refractivity contribution is 0.309. The molecule has 1 aromatic carbocycles. The zero-order chi connectivity index (χ0) is 12.6. The Morgan fingerprint density at radius 3 is 2.53 bits per heavy atom. The molecule has 0 saturated carbocycles. The first kappa shape index (κ1) is 13.6. The maximum Gasteiger partial charge on any atom is 0.161 e. The monoisotopic (exact) mass is 252 g/mol. The molecule has 0 N–H and O–H groups in total. The summed E-state index contributed by atoms with van der Waals surface area (Å²) < 4.78 is 28.0. The number of terminal acetylenes is 1. The van der Waals surface area contributed by atoms with Crippen LogP contribution in [0.3, 0.4) is 0 Å². The molecule has 0 unspecified atom stereocenters. The summed E-state index contributed by atoms with van der Waals surface area (Å²) in [6.45, 7) is 0.523. The molecule has 0 aliphatic carbocycles. The Balaban J connectivity index is 2.16. The first-order chi connectivity index (χ1) is 8.14. The van der Waals surface area contributed by atoms with E-state index in [1.54, 1.807) is 0 Å². The van der Waals surface area contributed by atoms with Crippen molar-refractivity contribution in [2.45, 2.75) is 12.8 Å². The largest absolute Gasteiger partial charge is 0.494 e. The van der Waals surface area contributed by atoms with Crippen molar-refractivity contribution in [1.82, 2.24) is 0 Å². The Morgan fingerprint density at radius 1 is 1.18 bits per heavy atom. The molecule has 1 rings (SSSR count). The Hall–Kier alpha value is -1.47. The fraction of sp³-hybridized carbons (Fsp3) is 0.385. The molecule has 1 aromatic rings. The SMILES string of the molecule is C#CCS(=O)(=O)CCCCOc1ccccc1. The fourth-order valence-electron chi connectivity index (χ4n) is 1.33. The van der Waals surface area contributed by atoms with Crippen molar-refractivity contribution in [2.75, 3.05) is 18.1 Å². The maximum absolute atomic E-state index is 11.3. The van der Waals surface area contributed by atoms with Crippen LogP contribution >= 0.6 is 0 Å². The normalized spacial score (nSPS) is 10.8. The summed E-state index contributed by atoms with van der Waals surface area (Å²) in [6, 6.07) is 9.45. The lowest BCUT2D eigenvalue weighted by Gasteiger charge is -2.05. The van der Waals surface area contributed by atoms with Gasteiger partial charge in [0.1, 0.15) is 11.5 Å². The second-order valence-electron chi connectivity index (χ2n) is 3.66. The predicted molar refractivity (Wildman–Crippen MR) is 68.7 cm³/mol. The second-order valence-corrected chi connectivity index (χ2v) is 5.85. The zero-order valence-electron chi connectivity index (χ0n) is 9.63. The van der Waals surface area contributed by atoms with E-state index in [0.29, 0.717) is 19.4 Å². The molecule has 0 atom stereocenters. The van der Waals surface area contributed by atoms with Crippen LogP contribution in [0.1, 0.15) is 12.8 Å². The highest BCUT2D eigenvalue weighted by Crippen LogP contribution is 2.09. The highest BCUT2D eigenvalue weighted by atomic mass is 32.2. The highest BCUT2D eigenvalue weighted by molar-refractivity contribution is 7.91. The molecule has 0 bridgehead atoms. The Kier molecular flexibility index (Phi) is 5.58. The molecule has 3 nitrogen and oxygen atoms in total. The molecule has 0 amide bonds. The van der Waals surface area contributed by atoms with E-state index in [1.165, 1.54) is 0 Å². The summed E-state index contributed by atoms with van der Waals surface area (Å²) in [6.07, 6.45) is 6.25. The van der Waals surface area contributed by atoms with Gasteiger partial charge in [0.25, 0.3) is 0 Å². The minimum absolute atomic E-state index is 0.134. The smallest absolute Gasteiger partial charge is 0.161 e. The summed E-state index contributed by atoms with van der Waals surface area (Å²) in [7, 11) is -3.07. The van der Waals surface area contributed by atoms with Crippen LogP contribution in [-0.2, 0) is 9.84 Å². The Morgan fingerprint density at radius 2 is 1.88 bits per heavy atom. The lowest BCUT2D eigenvalue weighted by Crippen LogP contribution is -2.10. The van der Waals surface area contributed by atoms with E-state index in [1.807, 2.05) is 30.3 Å². The molecule has 92 valence electrons. The molecule has 0 aromatic heterocycles. The number of unbranched alkanes of at least 4 members (excludes halogenated alkanes) is 1. The molecule has 4 heteroatoms. The molecule has 0 heterocycles. The van der Waals surface area contributed by atoms with Crippen molar-refractivity contribution in [3.05, 3.63) is 30.3 Å². The molecular weight excluding hydrogens is 236 g/mol. The molecular formula is C13H16O3S. The van der Waals surface area contributed by atoms with Crippen LogP contribution in [0.25, 0.3) is 0 Å². The van der Waals surface area contributed by atoms with E-state index in [4.69, 9.17) is 11.2 Å². The summed E-state index contributed by atoms with van der Waals surface area (Å²) in [5, 5.41) is 0. The van der Waals surface area contributed by atoms with Gasteiger partial charge in [0, 0.05) is 0 Å². The number of ether oxygens (including phenoxy) is 1. The van der Waals surface area contributed by atoms with Gasteiger partial charge in [-0.25, -0.2) is 8.42 Å². The van der Waals surface area contributed by atoms with Crippen LogP contribution in [-0.4, -0.2) is 26.5 Å². The topological polar surface area (TPSA) is 43.4 Å². The van der Waals surface area contributed by atoms with E-state index in [-0.39, 0.29) is 11.5 Å². The van der Waals surface area contributed by atoms with Gasteiger partial charge in [0.15, 0.2) is 9.84 Å². The number of sulfone groups is 1. The summed E-state index contributed by atoms with van der Waals surface area (Å²) >= 11 is 0. The van der Waals surface area contributed by atoms with Gasteiger partial charge in [0.05, 0.1) is 12.4 Å². The van der Waals surface area contributed by atoms with Crippen molar-refractivity contribution in [3.8, 4) is 18.1 Å². The van der Waals surface area contributed by atoms with Crippen LogP contribution < -0.4 is 4.74 Å². The molecule has 17 heavy (non-hydrogen) atoms. The third-order valence-corrected chi connectivity index (χ3v) is 3.68. The van der Waals surface area contributed by atoms with Crippen LogP contribution in [0.15, 0.2) is 30.3 Å². The molecule has 0 spiro atoms. The number of hydrogen-bond acceptors (Lipinski definition) is 3. The molecule has 0 saturated heterocycles. The van der Waals surface area contributed by atoms with E-state index in [2.05, 4.69) is 5.92 Å². The third kappa shape index (κ3) is 5.98. The number of hydrogen-bond donors (Lipinski definition) is 0. The van der Waals surface area contributed by atoms with Gasteiger partial charge in [-0.1, -0.05) is 24.1 Å². The average molecular weight is 252 g/mol. The van der Waals surface area contributed by atoms with Gasteiger partial charge in [0.2, 0.25) is 0 Å². The van der Waals surface area contributed by atoms with Crippen LogP contribution in [0.4, 0.5) is 0 Å². The summed E-state index contributed by atoms with van der Waals surface area (Å²) in [5.74, 6) is 2.92. The zero-order valence-corrected chi connectivity index (χ0v) is 10.4. The standard InChI is InChI=1S/C13H16O3S/c1-2-11-17(14,15)12-7-6-10-16-13-8-4-3-5-9-13/h1,3-5,8-9H,6-7,10-12H2. The minimum Gasteiger partial charge on any atom is -0.494 e. The first-order valence-corrected chi connectivity index (χ1v) is 7.28. The van der Waals surface area contributed by atoms with E-state index in [9.17, 15) is 8.42 Å². The fourth-order valence-corrected chi connectivity index (χ4v) is 2.37. The van der Waals surface area contributed by atoms with Crippen LogP contribution in [0.5, 0.6) is 5.75 Å². The third-order valence-electron chi connectivity index (χ3n) is 2.16. The Bertz CT molecular complexity index is 457. The van der Waals surface area contributed by atoms with Gasteiger partial charge < -0.3 is 4.74 Å². The van der Waals surface area contributed by atoms with Crippen molar-refractivity contribution in [2.24, 2.45) is 0 Å². The quantitative estimate of drug-likeness (QED) is 0.550. The highest BCUT2D eigenvalue weighted by Gasteiger charge is 2.07. The van der Waals surface area contributed by atoms with Gasteiger partial charge in [-0.15, -0.1) is 6.42 Å². The van der Waals surface area contributed by atoms with E-state index < -0.39 is 9.84 Å². The summed E-state index contributed by atoms with van der Waals surface area (Å²) in [4.78, 5) is 0. The number of benzene rings is 1. The van der Waals surface area contributed by atoms with Crippen molar-refractivity contribution < 1.29 is 13.2 Å². The van der Waals surface area contributed by atoms with Gasteiger partial charge in [-0.2, -0.15) is 0 Å². The Labute approximate surface area is 103 Å². The molecule has 0 aliphatic rings. The second kappa shape index (κ2) is 6.97. The number of rotatable bonds is 7. The van der Waals surface area contributed by atoms with Crippen molar-refractivity contribution in [3.63, 3.8) is 0 Å². The van der Waals surface area contributed by atoms with Crippen molar-refractivity contribution in [1.29, 1.82) is 0 Å².